The lowest BCUT2D eigenvalue weighted by Gasteiger charge is -2.08. The molecule has 7 heteroatoms. The Balaban J connectivity index is 1.92. The molecule has 2 rings (SSSR count). The van der Waals surface area contributed by atoms with E-state index in [0.717, 1.165) is 5.56 Å². The van der Waals surface area contributed by atoms with Crippen molar-refractivity contribution >= 4 is 28.7 Å². The highest BCUT2D eigenvalue weighted by molar-refractivity contribution is 7.80. The van der Waals surface area contributed by atoms with Crippen molar-refractivity contribution in [2.45, 2.75) is 13.5 Å². The minimum atomic E-state index is -0.434. The molecule has 0 amide bonds. The summed E-state index contributed by atoms with van der Waals surface area (Å²) in [6.07, 6.45) is 0. The molecule has 0 aliphatic rings. The second kappa shape index (κ2) is 8.00. The summed E-state index contributed by atoms with van der Waals surface area (Å²) in [5.74, 6) is 0. The van der Waals surface area contributed by atoms with Gasteiger partial charge in [-0.1, -0.05) is 42.5 Å². The Morgan fingerprint density at radius 1 is 1.22 bits per heavy atom. The SMILES string of the molecule is C/C(=N\NC(=S)NCc1ccccc1)c1cccc([N+](=O)[O-])c1. The second-order valence-electron chi connectivity index (χ2n) is 4.78. The van der Waals surface area contributed by atoms with Crippen LogP contribution in [0.3, 0.4) is 0 Å². The number of nitrogens with zero attached hydrogens (tertiary/aromatic N) is 2. The van der Waals surface area contributed by atoms with Crippen LogP contribution in [0.5, 0.6) is 0 Å². The number of benzene rings is 2. The van der Waals surface area contributed by atoms with Gasteiger partial charge in [-0.05, 0) is 24.7 Å². The van der Waals surface area contributed by atoms with Gasteiger partial charge in [-0.2, -0.15) is 5.10 Å². The summed E-state index contributed by atoms with van der Waals surface area (Å²) in [5, 5.41) is 18.4. The Bertz CT molecular complexity index is 732. The average Bonchev–Trinajstić information content (AvgIpc) is 2.58. The Kier molecular flexibility index (Phi) is 5.76. The maximum Gasteiger partial charge on any atom is 0.270 e. The number of nitro groups is 1. The normalized spacial score (nSPS) is 10.9. The molecule has 0 saturated heterocycles. The molecule has 2 N–H and O–H groups in total. The fourth-order valence-electron chi connectivity index (χ4n) is 1.86. The van der Waals surface area contributed by atoms with Crippen LogP contribution in [0.4, 0.5) is 5.69 Å². The number of rotatable bonds is 5. The van der Waals surface area contributed by atoms with E-state index in [2.05, 4.69) is 15.8 Å². The van der Waals surface area contributed by atoms with Crippen LogP contribution in [0.25, 0.3) is 0 Å². The highest BCUT2D eigenvalue weighted by Crippen LogP contribution is 2.13. The standard InChI is InChI=1S/C16H16N4O2S/c1-12(14-8-5-9-15(10-14)20(21)22)18-19-16(23)17-11-13-6-3-2-4-7-13/h2-10H,11H2,1H3,(H2,17,19,23)/b18-12+. The van der Waals surface area contributed by atoms with Crippen molar-refractivity contribution in [2.24, 2.45) is 5.10 Å². The Labute approximate surface area is 139 Å². The quantitative estimate of drug-likeness (QED) is 0.382. The molecule has 0 atom stereocenters. The van der Waals surface area contributed by atoms with Gasteiger partial charge in [0.05, 0.1) is 10.6 Å². The van der Waals surface area contributed by atoms with Gasteiger partial charge in [-0.3, -0.25) is 15.5 Å². The van der Waals surface area contributed by atoms with Crippen molar-refractivity contribution < 1.29 is 4.92 Å². The molecule has 0 aliphatic carbocycles. The Hall–Kier alpha value is -2.80. The summed E-state index contributed by atoms with van der Waals surface area (Å²) in [4.78, 5) is 10.3. The maximum absolute atomic E-state index is 10.8. The Morgan fingerprint density at radius 3 is 2.65 bits per heavy atom. The van der Waals surface area contributed by atoms with Crippen LogP contribution in [0, 0.1) is 10.1 Å². The molecule has 2 aromatic carbocycles. The van der Waals surface area contributed by atoms with Gasteiger partial charge in [0, 0.05) is 24.2 Å². The molecule has 2 aromatic rings. The molecule has 0 saturated carbocycles. The summed E-state index contributed by atoms with van der Waals surface area (Å²) >= 11 is 5.15. The van der Waals surface area contributed by atoms with Crippen LogP contribution >= 0.6 is 12.2 Å². The van der Waals surface area contributed by atoms with Crippen molar-refractivity contribution in [2.75, 3.05) is 0 Å². The third-order valence-corrected chi connectivity index (χ3v) is 3.33. The van der Waals surface area contributed by atoms with Crippen molar-refractivity contribution in [3.05, 3.63) is 75.8 Å². The van der Waals surface area contributed by atoms with Gasteiger partial charge in [-0.15, -0.1) is 0 Å². The minimum absolute atomic E-state index is 0.0295. The smallest absolute Gasteiger partial charge is 0.270 e. The third-order valence-electron chi connectivity index (χ3n) is 3.10. The molecule has 118 valence electrons. The lowest BCUT2D eigenvalue weighted by Crippen LogP contribution is -2.32. The molecule has 0 bridgehead atoms. The predicted octanol–water partition coefficient (Wildman–Crippen LogP) is 2.98. The highest BCUT2D eigenvalue weighted by atomic mass is 32.1. The van der Waals surface area contributed by atoms with Crippen LogP contribution in [0.1, 0.15) is 18.1 Å². The maximum atomic E-state index is 10.8. The first-order valence-electron chi connectivity index (χ1n) is 6.93. The van der Waals surface area contributed by atoms with Crippen molar-refractivity contribution in [1.29, 1.82) is 0 Å². The first-order valence-corrected chi connectivity index (χ1v) is 7.34. The fraction of sp³-hybridized carbons (Fsp3) is 0.125. The van der Waals surface area contributed by atoms with E-state index in [1.165, 1.54) is 12.1 Å². The zero-order chi connectivity index (χ0) is 16.7. The molecule has 0 spiro atoms. The van der Waals surface area contributed by atoms with E-state index < -0.39 is 4.92 Å². The summed E-state index contributed by atoms with van der Waals surface area (Å²) in [6.45, 7) is 2.35. The van der Waals surface area contributed by atoms with Gasteiger partial charge in [0.15, 0.2) is 5.11 Å². The zero-order valence-corrected chi connectivity index (χ0v) is 13.3. The summed E-state index contributed by atoms with van der Waals surface area (Å²) in [5.41, 5.74) is 5.15. The molecule has 0 unspecified atom stereocenters. The van der Waals surface area contributed by atoms with Gasteiger partial charge in [0.1, 0.15) is 0 Å². The lowest BCUT2D eigenvalue weighted by molar-refractivity contribution is -0.384. The van der Waals surface area contributed by atoms with Gasteiger partial charge >= 0.3 is 0 Å². The molecule has 0 aromatic heterocycles. The number of hydrazone groups is 1. The number of thiocarbonyl (C=S) groups is 1. The minimum Gasteiger partial charge on any atom is -0.357 e. The van der Waals surface area contributed by atoms with Gasteiger partial charge in [-0.25, -0.2) is 0 Å². The van der Waals surface area contributed by atoms with Crippen LogP contribution < -0.4 is 10.7 Å². The molecule has 0 fully saturated rings. The first-order chi connectivity index (χ1) is 11.1. The topological polar surface area (TPSA) is 79.6 Å². The van der Waals surface area contributed by atoms with Crippen molar-refractivity contribution in [1.82, 2.24) is 10.7 Å². The molecular weight excluding hydrogens is 312 g/mol. The van der Waals surface area contributed by atoms with Crippen LogP contribution in [-0.4, -0.2) is 15.7 Å². The summed E-state index contributed by atoms with van der Waals surface area (Å²) in [6, 6.07) is 16.1. The van der Waals surface area contributed by atoms with E-state index in [9.17, 15) is 10.1 Å². The van der Waals surface area contributed by atoms with Crippen molar-refractivity contribution in [3.8, 4) is 0 Å². The molecule has 0 aliphatic heterocycles. The van der Waals surface area contributed by atoms with E-state index in [0.29, 0.717) is 22.9 Å². The first kappa shape index (κ1) is 16.6. The molecule has 23 heavy (non-hydrogen) atoms. The van der Waals surface area contributed by atoms with Crippen molar-refractivity contribution in [3.63, 3.8) is 0 Å². The number of hydrogen-bond acceptors (Lipinski definition) is 4. The van der Waals surface area contributed by atoms with Gasteiger partial charge in [0.25, 0.3) is 5.69 Å². The van der Waals surface area contributed by atoms with Crippen LogP contribution in [0.2, 0.25) is 0 Å². The van der Waals surface area contributed by atoms with Crippen LogP contribution in [-0.2, 0) is 6.54 Å². The van der Waals surface area contributed by atoms with Gasteiger partial charge < -0.3 is 5.32 Å². The number of nitro benzene ring substituents is 1. The summed E-state index contributed by atoms with van der Waals surface area (Å²) in [7, 11) is 0. The fourth-order valence-corrected chi connectivity index (χ4v) is 1.98. The van der Waals surface area contributed by atoms with E-state index in [4.69, 9.17) is 12.2 Å². The summed E-state index contributed by atoms with van der Waals surface area (Å²) < 4.78 is 0. The zero-order valence-electron chi connectivity index (χ0n) is 12.5. The molecule has 0 radical (unpaired) electrons. The monoisotopic (exact) mass is 328 g/mol. The second-order valence-corrected chi connectivity index (χ2v) is 5.19. The highest BCUT2D eigenvalue weighted by Gasteiger charge is 2.07. The molecular formula is C16H16N4O2S. The number of nitrogens with one attached hydrogen (secondary N) is 2. The largest absolute Gasteiger partial charge is 0.357 e. The number of non-ortho nitro benzene ring substituents is 1. The average molecular weight is 328 g/mol. The van der Waals surface area contributed by atoms with E-state index in [1.54, 1.807) is 19.1 Å². The van der Waals surface area contributed by atoms with Gasteiger partial charge in [0.2, 0.25) is 0 Å². The third kappa shape index (κ3) is 5.15. The predicted molar refractivity (Wildman–Crippen MR) is 94.3 cm³/mol. The molecule has 0 heterocycles. The Morgan fingerprint density at radius 2 is 1.96 bits per heavy atom. The molecule has 6 nitrogen and oxygen atoms in total. The lowest BCUT2D eigenvalue weighted by atomic mass is 10.1. The number of hydrogen-bond donors (Lipinski definition) is 2. The van der Waals surface area contributed by atoms with E-state index >= 15 is 0 Å². The van der Waals surface area contributed by atoms with E-state index in [-0.39, 0.29) is 5.69 Å². The van der Waals surface area contributed by atoms with Crippen LogP contribution in [0.15, 0.2) is 59.7 Å². The van der Waals surface area contributed by atoms with E-state index in [1.807, 2.05) is 30.3 Å².